The van der Waals surface area contributed by atoms with E-state index < -0.39 is 0 Å². The highest BCUT2D eigenvalue weighted by atomic mass is 127. The molecule has 88 valence electrons. The van der Waals surface area contributed by atoms with E-state index in [2.05, 4.69) is 20.8 Å². The Morgan fingerprint density at radius 2 is 2.00 bits per heavy atom. The molecule has 0 radical (unpaired) electrons. The van der Waals surface area contributed by atoms with Crippen LogP contribution in [0.15, 0.2) is 12.2 Å². The molecule has 0 heterocycles. The summed E-state index contributed by atoms with van der Waals surface area (Å²) in [6.45, 7) is 10.2. The van der Waals surface area contributed by atoms with E-state index in [4.69, 9.17) is 3.07 Å². The monoisotopic (exact) mass is 324 g/mol. The third-order valence-electron chi connectivity index (χ3n) is 3.10. The first-order valence-electron chi connectivity index (χ1n) is 5.43. The van der Waals surface area contributed by atoms with Crippen LogP contribution in [0.5, 0.6) is 0 Å². The summed E-state index contributed by atoms with van der Waals surface area (Å²) in [6, 6.07) is 0. The van der Waals surface area contributed by atoms with Gasteiger partial charge in [0.25, 0.3) is 0 Å². The highest BCUT2D eigenvalue weighted by molar-refractivity contribution is 14.1. The van der Waals surface area contributed by atoms with Crippen LogP contribution in [0.25, 0.3) is 0 Å². The standard InChI is InChI=1S/C10H15IO2.C2H6/c1-9(2,13-11)10(3)6-4-8(12)5-7-10;1-2/h4,6H,5,7H2,1-3H3;1-2H3. The first-order chi connectivity index (χ1) is 6.91. The van der Waals surface area contributed by atoms with Crippen molar-refractivity contribution in [1.29, 1.82) is 0 Å². The molecule has 15 heavy (non-hydrogen) atoms. The van der Waals surface area contributed by atoms with E-state index in [1.807, 2.05) is 42.9 Å². The fourth-order valence-electron chi connectivity index (χ4n) is 1.42. The first kappa shape index (κ1) is 15.1. The molecule has 1 rings (SSSR count). The molecule has 2 nitrogen and oxygen atoms in total. The van der Waals surface area contributed by atoms with E-state index in [0.29, 0.717) is 6.42 Å². The van der Waals surface area contributed by atoms with Gasteiger partial charge in [-0.15, -0.1) is 0 Å². The van der Waals surface area contributed by atoms with Gasteiger partial charge < -0.3 is 3.07 Å². The molecule has 1 aliphatic carbocycles. The Bertz CT molecular complexity index is 246. The number of rotatable bonds is 2. The van der Waals surface area contributed by atoms with Crippen LogP contribution >= 0.6 is 23.0 Å². The number of halogens is 1. The Labute approximate surface area is 107 Å². The predicted molar refractivity (Wildman–Crippen MR) is 72.0 cm³/mol. The lowest BCUT2D eigenvalue weighted by molar-refractivity contribution is -0.116. The van der Waals surface area contributed by atoms with E-state index in [1.165, 1.54) is 0 Å². The normalized spacial score (nSPS) is 25.9. The maximum atomic E-state index is 11.0. The lowest BCUT2D eigenvalue weighted by atomic mass is 9.69. The molecule has 0 aromatic carbocycles. The van der Waals surface area contributed by atoms with Gasteiger partial charge in [-0.25, -0.2) is 0 Å². The maximum absolute atomic E-state index is 11.0. The van der Waals surface area contributed by atoms with Gasteiger partial charge in [0.2, 0.25) is 0 Å². The number of allylic oxidation sites excluding steroid dienone is 1. The van der Waals surface area contributed by atoms with Crippen molar-refractivity contribution in [2.24, 2.45) is 5.41 Å². The SMILES string of the molecule is CC.CC1(C(C)(C)OI)C=CC(=O)CC1. The first-order valence-corrected chi connectivity index (χ1v) is 6.31. The van der Waals surface area contributed by atoms with Crippen LogP contribution in [0, 0.1) is 5.41 Å². The van der Waals surface area contributed by atoms with Crippen LogP contribution in [0.2, 0.25) is 0 Å². The quantitative estimate of drug-likeness (QED) is 0.716. The van der Waals surface area contributed by atoms with Crippen LogP contribution in [-0.4, -0.2) is 11.4 Å². The van der Waals surface area contributed by atoms with Crippen LogP contribution in [0.4, 0.5) is 0 Å². The molecule has 0 N–H and O–H groups in total. The van der Waals surface area contributed by atoms with E-state index >= 15 is 0 Å². The number of carbonyl (C=O) groups excluding carboxylic acids is 1. The van der Waals surface area contributed by atoms with Crippen molar-refractivity contribution < 1.29 is 7.86 Å². The molecule has 0 bridgehead atoms. The molecule has 0 aromatic heterocycles. The lowest BCUT2D eigenvalue weighted by Crippen LogP contribution is -2.42. The second-order valence-electron chi connectivity index (χ2n) is 4.30. The summed E-state index contributed by atoms with van der Waals surface area (Å²) in [4.78, 5) is 11.0. The van der Waals surface area contributed by atoms with Crippen LogP contribution in [0.1, 0.15) is 47.5 Å². The van der Waals surface area contributed by atoms with Gasteiger partial charge in [-0.1, -0.05) is 26.8 Å². The average Bonchev–Trinajstić information content (AvgIpc) is 2.25. The predicted octanol–water partition coefficient (Wildman–Crippen LogP) is 4.08. The summed E-state index contributed by atoms with van der Waals surface area (Å²) >= 11 is 1.93. The molecule has 0 amide bonds. The number of carbonyl (C=O) groups is 1. The zero-order valence-electron chi connectivity index (χ0n) is 10.3. The van der Waals surface area contributed by atoms with Crippen molar-refractivity contribution in [1.82, 2.24) is 0 Å². The van der Waals surface area contributed by atoms with Crippen LogP contribution in [0.3, 0.4) is 0 Å². The van der Waals surface area contributed by atoms with Gasteiger partial charge in [0, 0.05) is 11.8 Å². The molecule has 0 aromatic rings. The fraction of sp³-hybridized carbons (Fsp3) is 0.750. The van der Waals surface area contributed by atoms with Crippen molar-refractivity contribution in [3.05, 3.63) is 12.2 Å². The number of hydrogen-bond acceptors (Lipinski definition) is 2. The molecule has 0 spiro atoms. The maximum Gasteiger partial charge on any atom is 0.155 e. The Morgan fingerprint density at radius 3 is 2.33 bits per heavy atom. The second-order valence-corrected chi connectivity index (χ2v) is 4.74. The minimum Gasteiger partial charge on any atom is -0.309 e. The Kier molecular flexibility index (Phi) is 6.03. The molecule has 0 saturated heterocycles. The van der Waals surface area contributed by atoms with Crippen molar-refractivity contribution in [3.63, 3.8) is 0 Å². The van der Waals surface area contributed by atoms with Gasteiger partial charge in [0.1, 0.15) is 23.0 Å². The fourth-order valence-corrected chi connectivity index (χ4v) is 1.92. The summed E-state index contributed by atoms with van der Waals surface area (Å²) in [6.07, 6.45) is 5.17. The zero-order chi connectivity index (χ0) is 12.1. The molecule has 0 fully saturated rings. The van der Waals surface area contributed by atoms with Crippen molar-refractivity contribution in [2.45, 2.75) is 53.1 Å². The van der Waals surface area contributed by atoms with E-state index in [0.717, 1.165) is 6.42 Å². The van der Waals surface area contributed by atoms with Gasteiger partial charge in [-0.2, -0.15) is 0 Å². The summed E-state index contributed by atoms with van der Waals surface area (Å²) in [5.74, 6) is 0.224. The molecule has 1 aliphatic rings. The Balaban J connectivity index is 0.000000921. The van der Waals surface area contributed by atoms with Crippen LogP contribution < -0.4 is 0 Å². The van der Waals surface area contributed by atoms with Crippen molar-refractivity contribution in [3.8, 4) is 0 Å². The minimum atomic E-state index is -0.217. The molecule has 1 unspecified atom stereocenters. The van der Waals surface area contributed by atoms with E-state index in [-0.39, 0.29) is 16.8 Å². The van der Waals surface area contributed by atoms with Crippen molar-refractivity contribution in [2.75, 3.05) is 0 Å². The second kappa shape index (κ2) is 5.99. The summed E-state index contributed by atoms with van der Waals surface area (Å²) in [5.41, 5.74) is -0.243. The molecule has 1 atom stereocenters. The lowest BCUT2D eigenvalue weighted by Gasteiger charge is -2.41. The summed E-state index contributed by atoms with van der Waals surface area (Å²) in [5, 5.41) is 0. The van der Waals surface area contributed by atoms with E-state index in [9.17, 15) is 4.79 Å². The van der Waals surface area contributed by atoms with Gasteiger partial charge >= 0.3 is 0 Å². The summed E-state index contributed by atoms with van der Waals surface area (Å²) < 4.78 is 5.42. The van der Waals surface area contributed by atoms with Gasteiger partial charge in [-0.3, -0.25) is 4.79 Å². The Morgan fingerprint density at radius 1 is 1.47 bits per heavy atom. The molecule has 0 aliphatic heterocycles. The van der Waals surface area contributed by atoms with Gasteiger partial charge in [-0.05, 0) is 26.3 Å². The third-order valence-corrected chi connectivity index (χ3v) is 4.20. The molecule has 3 heteroatoms. The van der Waals surface area contributed by atoms with E-state index in [1.54, 1.807) is 6.08 Å². The molecular weight excluding hydrogens is 303 g/mol. The van der Waals surface area contributed by atoms with Gasteiger partial charge in [0.05, 0.1) is 5.60 Å². The minimum absolute atomic E-state index is 0.0257. The van der Waals surface area contributed by atoms with Gasteiger partial charge in [0.15, 0.2) is 5.78 Å². The molecular formula is C12H21IO2. The summed E-state index contributed by atoms with van der Waals surface area (Å²) in [7, 11) is 0. The smallest absolute Gasteiger partial charge is 0.155 e. The highest BCUT2D eigenvalue weighted by Gasteiger charge is 2.41. The zero-order valence-corrected chi connectivity index (χ0v) is 12.4. The largest absolute Gasteiger partial charge is 0.309 e. The topological polar surface area (TPSA) is 26.3 Å². The number of ketones is 1. The van der Waals surface area contributed by atoms with Crippen LogP contribution in [-0.2, 0) is 7.86 Å². The molecule has 0 saturated carbocycles. The average molecular weight is 324 g/mol. The highest BCUT2D eigenvalue weighted by Crippen LogP contribution is 2.42. The Hall–Kier alpha value is 0.1000. The third kappa shape index (κ3) is 3.55. The number of hydrogen-bond donors (Lipinski definition) is 0. The van der Waals surface area contributed by atoms with Crippen molar-refractivity contribution >= 4 is 28.8 Å².